The predicted octanol–water partition coefficient (Wildman–Crippen LogP) is 1.50. The minimum atomic E-state index is -0.645. The molecule has 0 amide bonds. The maximum Gasteiger partial charge on any atom is 0.338 e. The van der Waals surface area contributed by atoms with Crippen molar-refractivity contribution in [1.29, 1.82) is 5.26 Å². The van der Waals surface area contributed by atoms with Gasteiger partial charge < -0.3 is 4.74 Å². The third-order valence-electron chi connectivity index (χ3n) is 2.58. The molecule has 94 valence electrons. The number of methoxy groups -OCH3 is 1. The van der Waals surface area contributed by atoms with Gasteiger partial charge in [0.2, 0.25) is 0 Å². The Bertz CT molecular complexity index is 712. The molecule has 1 heterocycles. The van der Waals surface area contributed by atoms with Crippen molar-refractivity contribution in [1.82, 2.24) is 4.57 Å². The van der Waals surface area contributed by atoms with E-state index in [1.807, 2.05) is 12.1 Å². The van der Waals surface area contributed by atoms with E-state index in [-0.39, 0.29) is 11.3 Å². The summed E-state index contributed by atoms with van der Waals surface area (Å²) in [6.07, 6.45) is 0. The molecule has 1 aromatic heterocycles. The number of nitrogens with zero attached hydrogens (tertiary/aromatic N) is 2. The zero-order valence-electron chi connectivity index (χ0n) is 10.2. The number of esters is 1. The number of ether oxygens (including phenoxy) is 1. The highest BCUT2D eigenvalue weighted by Crippen LogP contribution is 2.10. The number of hydrogen-bond acceptors (Lipinski definition) is 4. The number of hydrogen-bond donors (Lipinski definition) is 0. The highest BCUT2D eigenvalue weighted by atomic mass is 16.5. The number of carbonyl (C=O) groups is 1. The minimum Gasteiger partial charge on any atom is -0.465 e. The molecule has 0 radical (unpaired) electrons. The number of pyridine rings is 1. The van der Waals surface area contributed by atoms with Crippen molar-refractivity contribution >= 4 is 5.97 Å². The standard InChI is InChI=1S/C14H10N2O3/c1-19-14(18)10-7-12(9-15)16(13(17)8-10)11-5-3-2-4-6-11/h2-8H,1H3. The van der Waals surface area contributed by atoms with Crippen molar-refractivity contribution in [2.24, 2.45) is 0 Å². The Kier molecular flexibility index (Phi) is 3.44. The first-order valence-corrected chi connectivity index (χ1v) is 5.48. The summed E-state index contributed by atoms with van der Waals surface area (Å²) in [4.78, 5) is 23.4. The van der Waals surface area contributed by atoms with Gasteiger partial charge in [0.15, 0.2) is 0 Å². The topological polar surface area (TPSA) is 72.1 Å². The average Bonchev–Trinajstić information content (AvgIpc) is 2.46. The molecule has 0 bridgehead atoms. The molecule has 0 atom stereocenters. The number of benzene rings is 1. The van der Waals surface area contributed by atoms with Gasteiger partial charge in [-0.2, -0.15) is 5.26 Å². The van der Waals surface area contributed by atoms with E-state index in [9.17, 15) is 9.59 Å². The van der Waals surface area contributed by atoms with Crippen molar-refractivity contribution in [3.63, 3.8) is 0 Å². The summed E-state index contributed by atoms with van der Waals surface area (Å²) >= 11 is 0. The number of carbonyl (C=O) groups excluding carboxylic acids is 1. The summed E-state index contributed by atoms with van der Waals surface area (Å²) in [5.74, 6) is -0.645. The Morgan fingerprint density at radius 1 is 1.26 bits per heavy atom. The molecule has 5 nitrogen and oxygen atoms in total. The quantitative estimate of drug-likeness (QED) is 0.761. The van der Waals surface area contributed by atoms with Crippen LogP contribution in [0.5, 0.6) is 0 Å². The van der Waals surface area contributed by atoms with Crippen LogP contribution in [0.1, 0.15) is 16.1 Å². The van der Waals surface area contributed by atoms with Gasteiger partial charge in [-0.25, -0.2) is 4.79 Å². The van der Waals surface area contributed by atoms with Gasteiger partial charge in [0.05, 0.1) is 12.7 Å². The molecule has 0 aliphatic rings. The summed E-state index contributed by atoms with van der Waals surface area (Å²) in [5.41, 5.74) is 0.265. The monoisotopic (exact) mass is 254 g/mol. The van der Waals surface area contributed by atoms with E-state index in [0.29, 0.717) is 5.69 Å². The van der Waals surface area contributed by atoms with Gasteiger partial charge in [-0.1, -0.05) is 18.2 Å². The number of para-hydroxylation sites is 1. The summed E-state index contributed by atoms with van der Waals surface area (Å²) < 4.78 is 5.78. The molecule has 2 aromatic rings. The Balaban J connectivity index is 2.68. The fraction of sp³-hybridized carbons (Fsp3) is 0.0714. The van der Waals surface area contributed by atoms with E-state index in [4.69, 9.17) is 5.26 Å². The third kappa shape index (κ3) is 2.38. The van der Waals surface area contributed by atoms with Gasteiger partial charge in [0.25, 0.3) is 5.56 Å². The lowest BCUT2D eigenvalue weighted by atomic mass is 10.2. The lowest BCUT2D eigenvalue weighted by molar-refractivity contribution is 0.0600. The highest BCUT2D eigenvalue weighted by molar-refractivity contribution is 5.89. The summed E-state index contributed by atoms with van der Waals surface area (Å²) in [6, 6.07) is 13.1. The SMILES string of the molecule is COC(=O)c1cc(C#N)n(-c2ccccc2)c(=O)c1. The van der Waals surface area contributed by atoms with Crippen molar-refractivity contribution in [2.75, 3.05) is 7.11 Å². The molecule has 0 aliphatic carbocycles. The molecule has 0 spiro atoms. The van der Waals surface area contributed by atoms with Gasteiger partial charge >= 0.3 is 5.97 Å². The van der Waals surface area contributed by atoms with Crippen LogP contribution in [0, 0.1) is 11.3 Å². The van der Waals surface area contributed by atoms with Crippen LogP contribution in [-0.2, 0) is 4.74 Å². The van der Waals surface area contributed by atoms with E-state index in [0.717, 1.165) is 6.07 Å². The van der Waals surface area contributed by atoms with Crippen LogP contribution < -0.4 is 5.56 Å². The van der Waals surface area contributed by atoms with Gasteiger partial charge in [0, 0.05) is 11.8 Å². The van der Waals surface area contributed by atoms with Crippen molar-refractivity contribution in [2.45, 2.75) is 0 Å². The normalized spacial score (nSPS) is 9.68. The largest absolute Gasteiger partial charge is 0.465 e. The van der Waals surface area contributed by atoms with Crippen LogP contribution in [0.15, 0.2) is 47.3 Å². The van der Waals surface area contributed by atoms with E-state index in [1.165, 1.54) is 17.7 Å². The fourth-order valence-electron chi connectivity index (χ4n) is 1.73. The van der Waals surface area contributed by atoms with Crippen LogP contribution in [0.2, 0.25) is 0 Å². The van der Waals surface area contributed by atoms with Gasteiger partial charge in [-0.15, -0.1) is 0 Å². The molecule has 0 fully saturated rings. The zero-order valence-corrected chi connectivity index (χ0v) is 10.2. The second-order valence-corrected chi connectivity index (χ2v) is 3.74. The molecule has 1 aromatic carbocycles. The lowest BCUT2D eigenvalue weighted by Crippen LogP contribution is -2.22. The molecule has 19 heavy (non-hydrogen) atoms. The molecular weight excluding hydrogens is 244 g/mol. The molecule has 0 saturated heterocycles. The summed E-state index contributed by atoms with van der Waals surface area (Å²) in [7, 11) is 1.22. The summed E-state index contributed by atoms with van der Waals surface area (Å²) in [6.45, 7) is 0. The summed E-state index contributed by atoms with van der Waals surface area (Å²) in [5, 5.41) is 9.12. The number of nitriles is 1. The van der Waals surface area contributed by atoms with Crippen molar-refractivity contribution in [3.8, 4) is 11.8 Å². The highest BCUT2D eigenvalue weighted by Gasteiger charge is 2.13. The Hall–Kier alpha value is -2.87. The maximum absolute atomic E-state index is 12.0. The Morgan fingerprint density at radius 2 is 1.95 bits per heavy atom. The van der Waals surface area contributed by atoms with Crippen LogP contribution >= 0.6 is 0 Å². The molecule has 5 heteroatoms. The maximum atomic E-state index is 12.0. The Labute approximate surface area is 109 Å². The first-order valence-electron chi connectivity index (χ1n) is 5.48. The number of aromatic nitrogens is 1. The number of rotatable bonds is 2. The third-order valence-corrected chi connectivity index (χ3v) is 2.58. The fourth-order valence-corrected chi connectivity index (χ4v) is 1.73. The van der Waals surface area contributed by atoms with E-state index < -0.39 is 11.5 Å². The minimum absolute atomic E-state index is 0.0660. The van der Waals surface area contributed by atoms with Gasteiger partial charge in [0.1, 0.15) is 11.8 Å². The van der Waals surface area contributed by atoms with Crippen LogP contribution in [-0.4, -0.2) is 17.6 Å². The molecule has 0 saturated carbocycles. The van der Waals surface area contributed by atoms with Crippen molar-refractivity contribution in [3.05, 3.63) is 64.1 Å². The van der Waals surface area contributed by atoms with E-state index >= 15 is 0 Å². The Morgan fingerprint density at radius 3 is 2.53 bits per heavy atom. The first-order chi connectivity index (χ1) is 9.17. The molecule has 0 unspecified atom stereocenters. The predicted molar refractivity (Wildman–Crippen MR) is 68.1 cm³/mol. The molecule has 0 N–H and O–H groups in total. The van der Waals surface area contributed by atoms with Gasteiger partial charge in [-0.3, -0.25) is 9.36 Å². The van der Waals surface area contributed by atoms with Crippen LogP contribution in [0.4, 0.5) is 0 Å². The van der Waals surface area contributed by atoms with Gasteiger partial charge in [-0.05, 0) is 18.2 Å². The average molecular weight is 254 g/mol. The van der Waals surface area contributed by atoms with E-state index in [2.05, 4.69) is 4.74 Å². The van der Waals surface area contributed by atoms with Crippen LogP contribution in [0.3, 0.4) is 0 Å². The molecule has 0 aliphatic heterocycles. The molecular formula is C14H10N2O3. The first kappa shape index (κ1) is 12.6. The zero-order chi connectivity index (χ0) is 13.8. The van der Waals surface area contributed by atoms with Crippen LogP contribution in [0.25, 0.3) is 5.69 Å². The smallest absolute Gasteiger partial charge is 0.338 e. The lowest BCUT2D eigenvalue weighted by Gasteiger charge is -2.09. The van der Waals surface area contributed by atoms with Crippen molar-refractivity contribution < 1.29 is 9.53 Å². The van der Waals surface area contributed by atoms with E-state index in [1.54, 1.807) is 24.3 Å². The second-order valence-electron chi connectivity index (χ2n) is 3.74. The second kappa shape index (κ2) is 5.19. The molecule has 2 rings (SSSR count).